The number of fused-ring (bicyclic) bond motifs is 2. The van der Waals surface area contributed by atoms with Crippen LogP contribution in [0.2, 0.25) is 5.02 Å². The van der Waals surface area contributed by atoms with Crippen LogP contribution in [-0.2, 0) is 25.7 Å². The molecule has 4 aliphatic rings. The molecule has 0 aromatic heterocycles. The van der Waals surface area contributed by atoms with Crippen molar-refractivity contribution >= 4 is 35.0 Å². The van der Waals surface area contributed by atoms with Crippen LogP contribution in [-0.4, -0.2) is 76.6 Å². The minimum atomic E-state index is -1.32. The Balaban J connectivity index is 1.39. The van der Waals surface area contributed by atoms with Gasteiger partial charge >= 0.3 is 0 Å². The maximum absolute atomic E-state index is 14.1. The summed E-state index contributed by atoms with van der Waals surface area (Å²) in [4.78, 5) is 46.8. The van der Waals surface area contributed by atoms with Crippen LogP contribution in [0.1, 0.15) is 5.56 Å². The zero-order chi connectivity index (χ0) is 26.4. The number of ether oxygens (including phenoxy) is 1. The van der Waals surface area contributed by atoms with Crippen LogP contribution in [0.5, 0.6) is 0 Å². The van der Waals surface area contributed by atoms with Gasteiger partial charge in [-0.25, -0.2) is 0 Å². The van der Waals surface area contributed by atoms with Gasteiger partial charge in [0.1, 0.15) is 11.6 Å². The lowest BCUT2D eigenvalue weighted by Gasteiger charge is -2.35. The number of hydrogen-bond donors (Lipinski definition) is 1. The second-order valence-electron chi connectivity index (χ2n) is 10.1. The fraction of sp³-hybridized carbons (Fsp3) is 0.345. The number of aliphatic hydroxyl groups is 1. The largest absolute Gasteiger partial charge is 0.395 e. The summed E-state index contributed by atoms with van der Waals surface area (Å²) >= 11 is 6.06. The van der Waals surface area contributed by atoms with Gasteiger partial charge in [-0.3, -0.25) is 14.4 Å². The molecule has 38 heavy (non-hydrogen) atoms. The molecule has 4 heterocycles. The van der Waals surface area contributed by atoms with E-state index in [0.29, 0.717) is 23.8 Å². The molecule has 2 fully saturated rings. The Kier molecular flexibility index (Phi) is 6.34. The number of hydrogen-bond acceptors (Lipinski definition) is 5. The number of rotatable bonds is 5. The molecule has 3 amide bonds. The summed E-state index contributed by atoms with van der Waals surface area (Å²) in [5.74, 6) is -2.52. The average Bonchev–Trinajstić information content (AvgIpc) is 3.23. The first-order chi connectivity index (χ1) is 18.4. The summed E-state index contributed by atoms with van der Waals surface area (Å²) in [6, 6.07) is 15.6. The van der Waals surface area contributed by atoms with Crippen molar-refractivity contribution < 1.29 is 24.2 Å². The summed E-state index contributed by atoms with van der Waals surface area (Å²) in [5.41, 5.74) is 0.301. The minimum Gasteiger partial charge on any atom is -0.395 e. The first kappa shape index (κ1) is 24.9. The number of benzene rings is 2. The number of nitrogens with zero attached hydrogens (tertiary/aromatic N) is 3. The van der Waals surface area contributed by atoms with Gasteiger partial charge in [0, 0.05) is 36.9 Å². The highest BCUT2D eigenvalue weighted by Gasteiger charge is 2.71. The van der Waals surface area contributed by atoms with E-state index in [1.54, 1.807) is 40.1 Å². The Morgan fingerprint density at radius 1 is 0.947 bits per heavy atom. The van der Waals surface area contributed by atoms with Crippen LogP contribution < -0.4 is 4.90 Å². The van der Waals surface area contributed by atoms with Crippen molar-refractivity contribution in [3.63, 3.8) is 0 Å². The standard InChI is InChI=1S/C29H28ClN3O5/c30-20-9-11-21(12-10-20)32-15-5-13-29-24(27(36)33(16-17-34)25(29)28(32)37)23-22(38-29)8-4-14-31(26(23)35)18-19-6-2-1-3-7-19/h1-13,22-25,34H,14-18H2/t22-,23+,24+,25?,29+/m1/s1. The van der Waals surface area contributed by atoms with E-state index in [1.165, 1.54) is 4.90 Å². The van der Waals surface area contributed by atoms with Crippen LogP contribution in [0, 0.1) is 11.8 Å². The fourth-order valence-electron chi connectivity index (χ4n) is 6.34. The highest BCUT2D eigenvalue weighted by Crippen LogP contribution is 2.53. The third-order valence-corrected chi connectivity index (χ3v) is 8.19. The number of halogens is 1. The Bertz CT molecular complexity index is 1310. The number of anilines is 1. The summed E-state index contributed by atoms with van der Waals surface area (Å²) in [5, 5.41) is 10.4. The van der Waals surface area contributed by atoms with E-state index in [0.717, 1.165) is 5.56 Å². The van der Waals surface area contributed by atoms with Crippen molar-refractivity contribution in [2.45, 2.75) is 24.3 Å². The third kappa shape index (κ3) is 3.86. The summed E-state index contributed by atoms with van der Waals surface area (Å²) in [7, 11) is 0. The highest BCUT2D eigenvalue weighted by atomic mass is 35.5. The average molecular weight is 534 g/mol. The number of carbonyl (C=O) groups excluding carboxylic acids is 3. The Morgan fingerprint density at radius 2 is 1.71 bits per heavy atom. The van der Waals surface area contributed by atoms with Crippen LogP contribution in [0.15, 0.2) is 78.9 Å². The van der Waals surface area contributed by atoms with Gasteiger partial charge in [0.15, 0.2) is 0 Å². The molecule has 2 saturated heterocycles. The van der Waals surface area contributed by atoms with E-state index in [2.05, 4.69) is 0 Å². The summed E-state index contributed by atoms with van der Waals surface area (Å²) in [6.07, 6.45) is 6.73. The van der Waals surface area contributed by atoms with Gasteiger partial charge in [0.25, 0.3) is 5.91 Å². The monoisotopic (exact) mass is 533 g/mol. The van der Waals surface area contributed by atoms with Crippen LogP contribution >= 0.6 is 11.6 Å². The van der Waals surface area contributed by atoms with Crippen molar-refractivity contribution in [1.29, 1.82) is 0 Å². The molecule has 196 valence electrons. The van der Waals surface area contributed by atoms with Crippen molar-refractivity contribution in [2.75, 3.05) is 31.1 Å². The van der Waals surface area contributed by atoms with E-state index in [9.17, 15) is 19.5 Å². The molecule has 5 atom stereocenters. The number of amides is 3. The van der Waals surface area contributed by atoms with Gasteiger partial charge < -0.3 is 24.5 Å². The van der Waals surface area contributed by atoms with Crippen LogP contribution in [0.4, 0.5) is 5.69 Å². The number of likely N-dealkylation sites (tertiary alicyclic amines) is 1. The maximum atomic E-state index is 14.1. The lowest BCUT2D eigenvalue weighted by atomic mass is 9.77. The molecule has 8 nitrogen and oxygen atoms in total. The Morgan fingerprint density at radius 3 is 2.45 bits per heavy atom. The number of aliphatic hydroxyl groups excluding tert-OH is 1. The molecule has 0 aliphatic carbocycles. The molecule has 6 rings (SSSR count). The van der Waals surface area contributed by atoms with Gasteiger partial charge in [0.2, 0.25) is 11.8 Å². The van der Waals surface area contributed by atoms with E-state index < -0.39 is 29.6 Å². The fourth-order valence-corrected chi connectivity index (χ4v) is 6.46. The van der Waals surface area contributed by atoms with Crippen LogP contribution in [0.25, 0.3) is 0 Å². The molecule has 9 heteroatoms. The maximum Gasteiger partial charge on any atom is 0.253 e. The zero-order valence-electron chi connectivity index (χ0n) is 20.7. The molecular formula is C29H28ClN3O5. The lowest BCUT2D eigenvalue weighted by molar-refractivity contribution is -0.145. The molecule has 0 saturated carbocycles. The predicted molar refractivity (Wildman–Crippen MR) is 141 cm³/mol. The normalized spacial score (nSPS) is 30.3. The molecule has 0 bridgehead atoms. The number of β-amino-alcohol motifs (C(OH)–C–C–N with tert-alkyl or cyclic N) is 1. The molecule has 1 unspecified atom stereocenters. The first-order valence-corrected chi connectivity index (χ1v) is 13.2. The minimum absolute atomic E-state index is 0.0334. The highest BCUT2D eigenvalue weighted by molar-refractivity contribution is 6.30. The molecule has 2 aromatic carbocycles. The molecule has 2 aromatic rings. The second kappa shape index (κ2) is 9.69. The van der Waals surface area contributed by atoms with E-state index in [1.807, 2.05) is 48.6 Å². The quantitative estimate of drug-likeness (QED) is 0.596. The van der Waals surface area contributed by atoms with E-state index in [4.69, 9.17) is 16.3 Å². The van der Waals surface area contributed by atoms with Crippen LogP contribution in [0.3, 0.4) is 0 Å². The Hall–Kier alpha value is -3.46. The molecule has 1 N–H and O–H groups in total. The topological polar surface area (TPSA) is 90.4 Å². The van der Waals surface area contributed by atoms with Crippen molar-refractivity contribution in [3.8, 4) is 0 Å². The van der Waals surface area contributed by atoms with E-state index in [-0.39, 0.29) is 37.4 Å². The molecular weight excluding hydrogens is 506 g/mol. The van der Waals surface area contributed by atoms with Crippen molar-refractivity contribution in [1.82, 2.24) is 9.80 Å². The van der Waals surface area contributed by atoms with Gasteiger partial charge in [-0.2, -0.15) is 0 Å². The van der Waals surface area contributed by atoms with Gasteiger partial charge in [0.05, 0.1) is 24.5 Å². The van der Waals surface area contributed by atoms with Gasteiger partial charge in [-0.1, -0.05) is 66.2 Å². The number of carbonyl (C=O) groups is 3. The van der Waals surface area contributed by atoms with Gasteiger partial charge in [-0.05, 0) is 29.8 Å². The molecule has 0 radical (unpaired) electrons. The van der Waals surface area contributed by atoms with Crippen molar-refractivity contribution in [3.05, 3.63) is 89.5 Å². The first-order valence-electron chi connectivity index (χ1n) is 12.8. The third-order valence-electron chi connectivity index (χ3n) is 7.94. The molecule has 4 aliphatic heterocycles. The summed E-state index contributed by atoms with van der Waals surface area (Å²) < 4.78 is 6.60. The Labute approximate surface area is 225 Å². The lowest BCUT2D eigenvalue weighted by Crippen LogP contribution is -2.55. The molecule has 1 spiro atoms. The van der Waals surface area contributed by atoms with E-state index >= 15 is 0 Å². The second-order valence-corrected chi connectivity index (χ2v) is 10.5. The van der Waals surface area contributed by atoms with Crippen molar-refractivity contribution in [2.24, 2.45) is 11.8 Å². The van der Waals surface area contributed by atoms with Gasteiger partial charge in [-0.15, -0.1) is 0 Å². The smallest absolute Gasteiger partial charge is 0.253 e. The summed E-state index contributed by atoms with van der Waals surface area (Å²) in [6.45, 7) is 0.736. The SMILES string of the molecule is O=C1[C@@H]2[C@H]3C(=O)N(CCO)C4C(=O)N(c5ccc(Cl)cc5)CC=C[C@@]43O[C@@H]2C=CCN1Cc1ccccc1. The predicted octanol–water partition coefficient (Wildman–Crippen LogP) is 2.41. The zero-order valence-corrected chi connectivity index (χ0v) is 21.4.